The number of rotatable bonds is 6. The smallest absolute Gasteiger partial charge is 0.348 e. The fraction of sp³-hybridized carbons (Fsp3) is 0.217. The Bertz CT molecular complexity index is 905. The van der Waals surface area contributed by atoms with Crippen molar-refractivity contribution in [3.63, 3.8) is 0 Å². The first kappa shape index (κ1) is 18.4. The number of esters is 1. The summed E-state index contributed by atoms with van der Waals surface area (Å²) in [6.07, 6.45) is 3.21. The van der Waals surface area contributed by atoms with Crippen LogP contribution in [0.5, 0.6) is 0 Å². The van der Waals surface area contributed by atoms with Crippen LogP contribution < -0.4 is 5.32 Å². The second-order valence-corrected chi connectivity index (χ2v) is 7.95. The summed E-state index contributed by atoms with van der Waals surface area (Å²) in [5, 5.41) is 2.98. The quantitative estimate of drug-likeness (QED) is 0.638. The van der Waals surface area contributed by atoms with Crippen LogP contribution in [0.25, 0.3) is 0 Å². The lowest BCUT2D eigenvalue weighted by atomic mass is 9.99. The standard InChI is InChI=1S/C23H21NO3S/c25-21(15-27-23(26)20-14-18-12-7-13-19(18)28-20)24-22(16-8-3-1-4-9-16)17-10-5-2-6-11-17/h1-6,8-11,14,22H,7,12-13,15H2,(H,24,25). The Balaban J connectivity index is 1.41. The zero-order chi connectivity index (χ0) is 19.3. The minimum absolute atomic E-state index is 0.292. The molecule has 0 saturated carbocycles. The van der Waals surface area contributed by atoms with Crippen LogP contribution in [-0.2, 0) is 22.4 Å². The van der Waals surface area contributed by atoms with Gasteiger partial charge in [0.2, 0.25) is 0 Å². The van der Waals surface area contributed by atoms with Gasteiger partial charge in [0.15, 0.2) is 6.61 Å². The number of hydrogen-bond acceptors (Lipinski definition) is 4. The molecule has 5 heteroatoms. The zero-order valence-corrected chi connectivity index (χ0v) is 16.2. The molecule has 4 nitrogen and oxygen atoms in total. The van der Waals surface area contributed by atoms with Crippen molar-refractivity contribution in [3.8, 4) is 0 Å². The van der Waals surface area contributed by atoms with Gasteiger partial charge in [0, 0.05) is 4.88 Å². The minimum Gasteiger partial charge on any atom is -0.451 e. The maximum absolute atomic E-state index is 12.5. The summed E-state index contributed by atoms with van der Waals surface area (Å²) in [6.45, 7) is -0.294. The molecular formula is C23H21NO3S. The number of benzene rings is 2. The van der Waals surface area contributed by atoms with Crippen LogP contribution >= 0.6 is 11.3 Å². The van der Waals surface area contributed by atoms with Gasteiger partial charge in [0.05, 0.1) is 6.04 Å². The van der Waals surface area contributed by atoms with Crippen molar-refractivity contribution in [3.05, 3.63) is 93.2 Å². The van der Waals surface area contributed by atoms with Crippen LogP contribution in [0.3, 0.4) is 0 Å². The van der Waals surface area contributed by atoms with Crippen LogP contribution in [0.1, 0.15) is 43.7 Å². The fourth-order valence-corrected chi connectivity index (χ4v) is 4.63. The summed E-state index contributed by atoms with van der Waals surface area (Å²) >= 11 is 1.48. The molecule has 1 aliphatic rings. The molecule has 0 saturated heterocycles. The van der Waals surface area contributed by atoms with Crippen molar-refractivity contribution in [2.24, 2.45) is 0 Å². The van der Waals surface area contributed by atoms with E-state index in [1.807, 2.05) is 66.7 Å². The Morgan fingerprint density at radius 2 is 1.61 bits per heavy atom. The molecule has 0 bridgehead atoms. The van der Waals surface area contributed by atoms with Crippen molar-refractivity contribution in [2.75, 3.05) is 6.61 Å². The van der Waals surface area contributed by atoms with Gasteiger partial charge < -0.3 is 10.1 Å². The number of fused-ring (bicyclic) bond motifs is 1. The zero-order valence-electron chi connectivity index (χ0n) is 15.4. The molecule has 1 aliphatic carbocycles. The van der Waals surface area contributed by atoms with Gasteiger partial charge in [0.1, 0.15) is 4.88 Å². The van der Waals surface area contributed by atoms with E-state index >= 15 is 0 Å². The van der Waals surface area contributed by atoms with E-state index in [2.05, 4.69) is 5.32 Å². The van der Waals surface area contributed by atoms with Crippen molar-refractivity contribution < 1.29 is 14.3 Å². The number of carbonyl (C=O) groups is 2. The lowest BCUT2D eigenvalue weighted by Gasteiger charge is -2.19. The average Bonchev–Trinajstić information content (AvgIpc) is 3.34. The summed E-state index contributed by atoms with van der Waals surface area (Å²) in [5.74, 6) is -0.749. The third-order valence-corrected chi connectivity index (χ3v) is 6.07. The van der Waals surface area contributed by atoms with Gasteiger partial charge >= 0.3 is 5.97 Å². The van der Waals surface area contributed by atoms with Crippen LogP contribution in [0.2, 0.25) is 0 Å². The summed E-state index contributed by atoms with van der Waals surface area (Å²) in [6, 6.07) is 21.1. The Morgan fingerprint density at radius 1 is 0.964 bits per heavy atom. The third kappa shape index (κ3) is 4.15. The first-order valence-electron chi connectivity index (χ1n) is 9.38. The molecule has 0 unspecified atom stereocenters. The number of carbonyl (C=O) groups excluding carboxylic acids is 2. The van der Waals surface area contributed by atoms with E-state index in [0.29, 0.717) is 4.88 Å². The summed E-state index contributed by atoms with van der Waals surface area (Å²) in [5.41, 5.74) is 3.20. The molecule has 2 aromatic carbocycles. The van der Waals surface area contributed by atoms with Crippen molar-refractivity contribution in [2.45, 2.75) is 25.3 Å². The number of nitrogens with one attached hydrogen (secondary N) is 1. The Morgan fingerprint density at radius 3 is 2.21 bits per heavy atom. The van der Waals surface area contributed by atoms with E-state index in [-0.39, 0.29) is 18.6 Å². The first-order chi connectivity index (χ1) is 13.7. The predicted octanol–water partition coefficient (Wildman–Crippen LogP) is 4.30. The second kappa shape index (κ2) is 8.40. The normalized spacial score (nSPS) is 12.6. The highest BCUT2D eigenvalue weighted by Gasteiger charge is 2.21. The second-order valence-electron chi connectivity index (χ2n) is 6.81. The van der Waals surface area contributed by atoms with E-state index < -0.39 is 5.97 Å². The van der Waals surface area contributed by atoms with Gasteiger partial charge in [-0.05, 0) is 42.0 Å². The molecular weight excluding hydrogens is 370 g/mol. The molecule has 142 valence electrons. The molecule has 0 spiro atoms. The average molecular weight is 391 g/mol. The van der Waals surface area contributed by atoms with E-state index in [9.17, 15) is 9.59 Å². The van der Waals surface area contributed by atoms with Crippen LogP contribution in [0.15, 0.2) is 66.7 Å². The molecule has 28 heavy (non-hydrogen) atoms. The lowest BCUT2D eigenvalue weighted by Crippen LogP contribution is -2.33. The summed E-state index contributed by atoms with van der Waals surface area (Å²) in [7, 11) is 0. The van der Waals surface area contributed by atoms with Crippen LogP contribution in [-0.4, -0.2) is 18.5 Å². The Labute approximate surface area is 168 Å². The highest BCUT2D eigenvalue weighted by Crippen LogP contribution is 2.31. The van der Waals surface area contributed by atoms with E-state index in [0.717, 1.165) is 30.4 Å². The van der Waals surface area contributed by atoms with E-state index in [1.54, 1.807) is 0 Å². The number of aryl methyl sites for hydroxylation is 2. The highest BCUT2D eigenvalue weighted by atomic mass is 32.1. The van der Waals surface area contributed by atoms with Crippen LogP contribution in [0, 0.1) is 0 Å². The SMILES string of the molecule is O=C(COC(=O)c1cc2c(s1)CCC2)NC(c1ccccc1)c1ccccc1. The van der Waals surface area contributed by atoms with E-state index in [1.165, 1.54) is 21.8 Å². The minimum atomic E-state index is -0.425. The summed E-state index contributed by atoms with van der Waals surface area (Å²) in [4.78, 5) is 26.6. The predicted molar refractivity (Wildman–Crippen MR) is 109 cm³/mol. The Hall–Kier alpha value is -2.92. The van der Waals surface area contributed by atoms with Gasteiger partial charge in [-0.3, -0.25) is 4.79 Å². The molecule has 0 aliphatic heterocycles. The van der Waals surface area contributed by atoms with Gasteiger partial charge in [0.25, 0.3) is 5.91 Å². The lowest BCUT2D eigenvalue weighted by molar-refractivity contribution is -0.124. The van der Waals surface area contributed by atoms with Crippen molar-refractivity contribution in [1.82, 2.24) is 5.32 Å². The molecule has 4 rings (SSSR count). The molecule has 0 radical (unpaired) electrons. The largest absolute Gasteiger partial charge is 0.451 e. The van der Waals surface area contributed by atoms with Crippen molar-refractivity contribution >= 4 is 23.2 Å². The molecule has 1 aromatic heterocycles. The van der Waals surface area contributed by atoms with Gasteiger partial charge in [-0.15, -0.1) is 11.3 Å². The number of hydrogen-bond donors (Lipinski definition) is 1. The molecule has 1 heterocycles. The number of thiophene rings is 1. The van der Waals surface area contributed by atoms with E-state index in [4.69, 9.17) is 4.74 Å². The molecule has 1 amide bonds. The van der Waals surface area contributed by atoms with Gasteiger partial charge in [-0.2, -0.15) is 0 Å². The molecule has 0 atom stereocenters. The summed E-state index contributed by atoms with van der Waals surface area (Å²) < 4.78 is 5.26. The monoisotopic (exact) mass is 391 g/mol. The van der Waals surface area contributed by atoms with Crippen LogP contribution in [0.4, 0.5) is 0 Å². The number of amides is 1. The third-order valence-electron chi connectivity index (χ3n) is 4.85. The maximum Gasteiger partial charge on any atom is 0.348 e. The Kier molecular flexibility index (Phi) is 5.53. The topological polar surface area (TPSA) is 55.4 Å². The maximum atomic E-state index is 12.5. The molecule has 0 fully saturated rings. The molecule has 1 N–H and O–H groups in total. The molecule has 3 aromatic rings. The van der Waals surface area contributed by atoms with Crippen molar-refractivity contribution in [1.29, 1.82) is 0 Å². The number of ether oxygens (including phenoxy) is 1. The van der Waals surface area contributed by atoms with Gasteiger partial charge in [-0.1, -0.05) is 60.7 Å². The fourth-order valence-electron chi connectivity index (χ4n) is 3.48. The first-order valence-corrected chi connectivity index (χ1v) is 10.2. The highest BCUT2D eigenvalue weighted by molar-refractivity contribution is 7.14. The van der Waals surface area contributed by atoms with Gasteiger partial charge in [-0.25, -0.2) is 4.79 Å².